The molecular formula is C30H34Cl2FN3O5S. The second-order valence-corrected chi connectivity index (χ2v) is 13.2. The number of hydrogen-bond acceptors (Lipinski definition) is 5. The number of hydrogen-bond donors (Lipinski definition) is 1. The van der Waals surface area contributed by atoms with Crippen molar-refractivity contribution in [1.29, 1.82) is 0 Å². The highest BCUT2D eigenvalue weighted by molar-refractivity contribution is 7.92. The van der Waals surface area contributed by atoms with Gasteiger partial charge in [-0.15, -0.1) is 0 Å². The maximum atomic E-state index is 14.0. The van der Waals surface area contributed by atoms with Crippen LogP contribution < -0.4 is 14.4 Å². The standard InChI is InChI=1S/C30H34Cl2FN3O5S/c1-6-41-23-14-12-22(13-15-23)36(42(39,40)24-16-10-21(33)11-17-24)19-28(37)35(20(2)29(38)34-30(3,4)5)18-25-26(31)8-7-9-27(25)32/h7-17,20H,6,18-19H2,1-5H3,(H,34,38)/t20-/m1/s1. The summed E-state index contributed by atoms with van der Waals surface area (Å²) in [5.74, 6) is -1.25. The zero-order valence-corrected chi connectivity index (χ0v) is 26.4. The number of rotatable bonds is 11. The molecule has 2 amide bonds. The van der Waals surface area contributed by atoms with Crippen LogP contribution in [0.1, 0.15) is 40.2 Å². The van der Waals surface area contributed by atoms with Crippen molar-refractivity contribution in [2.75, 3.05) is 17.5 Å². The maximum Gasteiger partial charge on any atom is 0.264 e. The maximum absolute atomic E-state index is 14.0. The molecule has 0 fully saturated rings. The molecule has 0 saturated carbocycles. The van der Waals surface area contributed by atoms with E-state index in [0.29, 0.717) is 17.9 Å². The summed E-state index contributed by atoms with van der Waals surface area (Å²) in [7, 11) is -4.36. The van der Waals surface area contributed by atoms with Crippen LogP contribution in [0.5, 0.6) is 5.75 Å². The Morgan fingerprint density at radius 2 is 1.55 bits per heavy atom. The number of sulfonamides is 1. The lowest BCUT2D eigenvalue weighted by atomic mass is 10.1. The van der Waals surface area contributed by atoms with E-state index in [4.69, 9.17) is 27.9 Å². The van der Waals surface area contributed by atoms with Gasteiger partial charge in [0.1, 0.15) is 24.2 Å². The van der Waals surface area contributed by atoms with Crippen molar-refractivity contribution in [3.05, 3.63) is 88.2 Å². The Labute approximate surface area is 256 Å². The van der Waals surface area contributed by atoms with Gasteiger partial charge in [0.25, 0.3) is 10.0 Å². The predicted octanol–water partition coefficient (Wildman–Crippen LogP) is 6.06. The van der Waals surface area contributed by atoms with Crippen LogP contribution in [0.15, 0.2) is 71.6 Å². The van der Waals surface area contributed by atoms with Gasteiger partial charge in [0.15, 0.2) is 0 Å². The van der Waals surface area contributed by atoms with E-state index < -0.39 is 45.8 Å². The highest BCUT2D eigenvalue weighted by atomic mass is 35.5. The van der Waals surface area contributed by atoms with E-state index in [1.165, 1.54) is 17.0 Å². The van der Waals surface area contributed by atoms with E-state index in [-0.39, 0.29) is 27.2 Å². The van der Waals surface area contributed by atoms with E-state index in [0.717, 1.165) is 28.6 Å². The quantitative estimate of drug-likeness (QED) is 0.276. The highest BCUT2D eigenvalue weighted by Crippen LogP contribution is 2.29. The molecule has 0 aliphatic carbocycles. The van der Waals surface area contributed by atoms with Gasteiger partial charge in [-0.25, -0.2) is 12.8 Å². The fourth-order valence-corrected chi connectivity index (χ4v) is 5.98. The van der Waals surface area contributed by atoms with Gasteiger partial charge >= 0.3 is 0 Å². The fourth-order valence-electron chi connectivity index (χ4n) is 4.05. The number of amides is 2. The number of carbonyl (C=O) groups excluding carboxylic acids is 2. The molecule has 1 atom stereocenters. The van der Waals surface area contributed by atoms with Crippen LogP contribution in [-0.2, 0) is 26.2 Å². The predicted molar refractivity (Wildman–Crippen MR) is 163 cm³/mol. The van der Waals surface area contributed by atoms with E-state index in [1.54, 1.807) is 58.0 Å². The Morgan fingerprint density at radius 3 is 2.07 bits per heavy atom. The molecule has 0 bridgehead atoms. The molecule has 0 unspecified atom stereocenters. The molecule has 1 N–H and O–H groups in total. The number of nitrogens with zero attached hydrogens (tertiary/aromatic N) is 2. The van der Waals surface area contributed by atoms with Gasteiger partial charge in [-0.05, 0) is 95.3 Å². The summed E-state index contributed by atoms with van der Waals surface area (Å²) in [5.41, 5.74) is -0.0280. The zero-order chi connectivity index (χ0) is 31.2. The van der Waals surface area contributed by atoms with E-state index >= 15 is 0 Å². The third kappa shape index (κ3) is 8.36. The van der Waals surface area contributed by atoms with Gasteiger partial charge in [0.05, 0.1) is 17.2 Å². The van der Waals surface area contributed by atoms with Gasteiger partial charge in [-0.2, -0.15) is 0 Å². The monoisotopic (exact) mass is 637 g/mol. The first-order valence-corrected chi connectivity index (χ1v) is 15.4. The minimum atomic E-state index is -4.36. The van der Waals surface area contributed by atoms with Gasteiger partial charge < -0.3 is 15.0 Å². The summed E-state index contributed by atoms with van der Waals surface area (Å²) < 4.78 is 47.7. The summed E-state index contributed by atoms with van der Waals surface area (Å²) in [6, 6.07) is 14.3. The van der Waals surface area contributed by atoms with Gasteiger partial charge in [-0.1, -0.05) is 29.3 Å². The molecule has 3 rings (SSSR count). The number of ether oxygens (including phenoxy) is 1. The highest BCUT2D eigenvalue weighted by Gasteiger charge is 2.34. The lowest BCUT2D eigenvalue weighted by Gasteiger charge is -2.33. The minimum Gasteiger partial charge on any atom is -0.494 e. The Morgan fingerprint density at radius 1 is 0.976 bits per heavy atom. The zero-order valence-electron chi connectivity index (χ0n) is 24.0. The Balaban J connectivity index is 2.08. The van der Waals surface area contributed by atoms with Crippen molar-refractivity contribution in [1.82, 2.24) is 10.2 Å². The third-order valence-electron chi connectivity index (χ3n) is 6.17. The van der Waals surface area contributed by atoms with Crippen molar-refractivity contribution in [2.24, 2.45) is 0 Å². The van der Waals surface area contributed by atoms with Crippen LogP contribution in [0.25, 0.3) is 0 Å². The number of anilines is 1. The van der Waals surface area contributed by atoms with Crippen LogP contribution in [0.4, 0.5) is 10.1 Å². The Hall–Kier alpha value is -3.34. The molecule has 226 valence electrons. The van der Waals surface area contributed by atoms with Crippen molar-refractivity contribution in [3.8, 4) is 5.75 Å². The van der Waals surface area contributed by atoms with Crippen LogP contribution in [0, 0.1) is 5.82 Å². The lowest BCUT2D eigenvalue weighted by Crippen LogP contribution is -2.54. The van der Waals surface area contributed by atoms with Crippen LogP contribution in [0.2, 0.25) is 10.0 Å². The van der Waals surface area contributed by atoms with Gasteiger partial charge in [-0.3, -0.25) is 13.9 Å². The number of benzene rings is 3. The summed E-state index contributed by atoms with van der Waals surface area (Å²) in [5, 5.41) is 3.42. The molecule has 0 heterocycles. The molecule has 0 aromatic heterocycles. The minimum absolute atomic E-state index is 0.163. The normalized spacial score (nSPS) is 12.4. The first kappa shape index (κ1) is 33.2. The van der Waals surface area contributed by atoms with Crippen LogP contribution in [0.3, 0.4) is 0 Å². The SMILES string of the molecule is CCOc1ccc(N(CC(=O)N(Cc2c(Cl)cccc2Cl)[C@H](C)C(=O)NC(C)(C)C)S(=O)(=O)c2ccc(F)cc2)cc1. The first-order valence-electron chi connectivity index (χ1n) is 13.2. The molecule has 0 radical (unpaired) electrons. The van der Waals surface area contributed by atoms with E-state index in [1.807, 2.05) is 6.92 Å². The van der Waals surface area contributed by atoms with E-state index in [2.05, 4.69) is 5.32 Å². The van der Waals surface area contributed by atoms with Gasteiger partial charge in [0, 0.05) is 27.7 Å². The Kier molecular flexibility index (Phi) is 10.9. The summed E-state index contributed by atoms with van der Waals surface area (Å²) >= 11 is 12.8. The number of nitrogens with one attached hydrogen (secondary N) is 1. The van der Waals surface area contributed by atoms with Crippen molar-refractivity contribution < 1.29 is 27.1 Å². The number of carbonyl (C=O) groups is 2. The lowest BCUT2D eigenvalue weighted by molar-refractivity contribution is -0.140. The van der Waals surface area contributed by atoms with Crippen LogP contribution >= 0.6 is 23.2 Å². The average molecular weight is 639 g/mol. The topological polar surface area (TPSA) is 96.0 Å². The molecule has 0 aliphatic rings. The summed E-state index contributed by atoms with van der Waals surface area (Å²) in [6.07, 6.45) is 0. The molecule has 3 aromatic rings. The Bertz CT molecular complexity index is 1490. The first-order chi connectivity index (χ1) is 19.6. The molecule has 8 nitrogen and oxygen atoms in total. The third-order valence-corrected chi connectivity index (χ3v) is 8.67. The molecule has 0 aliphatic heterocycles. The molecule has 0 saturated heterocycles. The smallest absolute Gasteiger partial charge is 0.264 e. The average Bonchev–Trinajstić information content (AvgIpc) is 2.91. The van der Waals surface area contributed by atoms with Crippen molar-refractivity contribution in [2.45, 2.75) is 57.6 Å². The summed E-state index contributed by atoms with van der Waals surface area (Å²) in [4.78, 5) is 28.3. The largest absolute Gasteiger partial charge is 0.494 e. The fraction of sp³-hybridized carbons (Fsp3) is 0.333. The molecule has 42 heavy (non-hydrogen) atoms. The van der Waals surface area contributed by atoms with Gasteiger partial charge in [0.2, 0.25) is 11.8 Å². The molecular weight excluding hydrogens is 604 g/mol. The number of halogens is 3. The molecule has 12 heteroatoms. The molecule has 3 aromatic carbocycles. The second kappa shape index (κ2) is 13.8. The van der Waals surface area contributed by atoms with E-state index in [9.17, 15) is 22.4 Å². The second-order valence-electron chi connectivity index (χ2n) is 10.5. The van der Waals surface area contributed by atoms with Crippen LogP contribution in [-0.4, -0.2) is 49.9 Å². The van der Waals surface area contributed by atoms with Crippen molar-refractivity contribution in [3.63, 3.8) is 0 Å². The summed E-state index contributed by atoms with van der Waals surface area (Å²) in [6.45, 7) is 8.33. The molecule has 0 spiro atoms. The van der Waals surface area contributed by atoms with Crippen molar-refractivity contribution >= 4 is 50.7 Å².